The van der Waals surface area contributed by atoms with E-state index in [-0.39, 0.29) is 5.69 Å². The summed E-state index contributed by atoms with van der Waals surface area (Å²) in [7, 11) is 0. The average molecular weight is 283 g/mol. The number of carbonyl (C=O) groups is 1. The summed E-state index contributed by atoms with van der Waals surface area (Å²) >= 11 is 0. The van der Waals surface area contributed by atoms with Crippen molar-refractivity contribution in [3.63, 3.8) is 0 Å². The number of amides is 1. The monoisotopic (exact) mass is 283 g/mol. The SMILES string of the molecule is NC(=O)Oc1c([N+](=O)[O-])ccc(N2CCCCC2)c1F. The summed E-state index contributed by atoms with van der Waals surface area (Å²) in [5, 5.41) is 10.8. The van der Waals surface area contributed by atoms with Crippen LogP contribution in [0.4, 0.5) is 20.6 Å². The molecule has 1 aromatic carbocycles. The van der Waals surface area contributed by atoms with Crippen LogP contribution in [0.15, 0.2) is 12.1 Å². The molecule has 1 aromatic rings. The van der Waals surface area contributed by atoms with E-state index in [1.165, 1.54) is 6.07 Å². The number of rotatable bonds is 3. The van der Waals surface area contributed by atoms with Gasteiger partial charge in [-0.05, 0) is 25.3 Å². The van der Waals surface area contributed by atoms with Gasteiger partial charge in [0.15, 0.2) is 5.82 Å². The number of hydrogen-bond donors (Lipinski definition) is 1. The summed E-state index contributed by atoms with van der Waals surface area (Å²) in [5.41, 5.74) is 4.39. The zero-order chi connectivity index (χ0) is 14.7. The van der Waals surface area contributed by atoms with Crippen LogP contribution in [-0.2, 0) is 0 Å². The van der Waals surface area contributed by atoms with Gasteiger partial charge in [0, 0.05) is 19.2 Å². The third-order valence-corrected chi connectivity index (χ3v) is 3.15. The number of primary amides is 1. The zero-order valence-corrected chi connectivity index (χ0v) is 10.7. The summed E-state index contributed by atoms with van der Waals surface area (Å²) in [6, 6.07) is 2.44. The second kappa shape index (κ2) is 5.72. The van der Waals surface area contributed by atoms with Crippen LogP contribution >= 0.6 is 0 Å². The molecule has 0 aliphatic carbocycles. The van der Waals surface area contributed by atoms with Crippen molar-refractivity contribution >= 4 is 17.5 Å². The minimum absolute atomic E-state index is 0.187. The second-order valence-corrected chi connectivity index (χ2v) is 4.47. The fraction of sp³-hybridized carbons (Fsp3) is 0.417. The maximum Gasteiger partial charge on any atom is 0.410 e. The molecule has 0 spiro atoms. The highest BCUT2D eigenvalue weighted by Gasteiger charge is 2.27. The van der Waals surface area contributed by atoms with E-state index >= 15 is 0 Å². The van der Waals surface area contributed by atoms with Crippen molar-refractivity contribution in [1.82, 2.24) is 0 Å². The number of nitro benzene ring substituents is 1. The lowest BCUT2D eigenvalue weighted by atomic mass is 10.1. The van der Waals surface area contributed by atoms with Crippen molar-refractivity contribution in [2.45, 2.75) is 19.3 Å². The van der Waals surface area contributed by atoms with Gasteiger partial charge >= 0.3 is 11.8 Å². The van der Waals surface area contributed by atoms with Crippen LogP contribution < -0.4 is 15.4 Å². The number of nitrogens with two attached hydrogens (primary N) is 1. The molecule has 0 radical (unpaired) electrons. The van der Waals surface area contributed by atoms with Crippen LogP contribution in [0.25, 0.3) is 0 Å². The molecule has 20 heavy (non-hydrogen) atoms. The minimum Gasteiger partial charge on any atom is -0.400 e. The molecule has 1 aliphatic rings. The van der Waals surface area contributed by atoms with E-state index in [9.17, 15) is 19.3 Å². The summed E-state index contributed by atoms with van der Waals surface area (Å²) in [6.45, 7) is 1.31. The van der Waals surface area contributed by atoms with Crippen molar-refractivity contribution in [3.8, 4) is 5.75 Å². The normalized spacial score (nSPS) is 14.9. The predicted molar refractivity (Wildman–Crippen MR) is 69.3 cm³/mol. The Morgan fingerprint density at radius 1 is 1.35 bits per heavy atom. The zero-order valence-electron chi connectivity index (χ0n) is 10.7. The van der Waals surface area contributed by atoms with Gasteiger partial charge in [-0.1, -0.05) is 0 Å². The van der Waals surface area contributed by atoms with Crippen LogP contribution in [0.5, 0.6) is 5.75 Å². The maximum atomic E-state index is 14.4. The average Bonchev–Trinajstić information content (AvgIpc) is 2.41. The van der Waals surface area contributed by atoms with E-state index in [0.29, 0.717) is 13.1 Å². The summed E-state index contributed by atoms with van der Waals surface area (Å²) < 4.78 is 18.8. The Bertz CT molecular complexity index is 544. The fourth-order valence-corrected chi connectivity index (χ4v) is 2.26. The van der Waals surface area contributed by atoms with E-state index < -0.39 is 28.3 Å². The van der Waals surface area contributed by atoms with Gasteiger partial charge < -0.3 is 15.4 Å². The molecule has 0 bridgehead atoms. The van der Waals surface area contributed by atoms with E-state index in [0.717, 1.165) is 25.3 Å². The Morgan fingerprint density at radius 2 is 2.00 bits per heavy atom. The quantitative estimate of drug-likeness (QED) is 0.677. The third kappa shape index (κ3) is 2.79. The van der Waals surface area contributed by atoms with Gasteiger partial charge in [-0.2, -0.15) is 0 Å². The summed E-state index contributed by atoms with van der Waals surface area (Å²) in [5.74, 6) is -1.66. The Kier molecular flexibility index (Phi) is 4.02. The molecule has 0 aromatic heterocycles. The number of nitro groups is 1. The molecule has 2 rings (SSSR count). The van der Waals surface area contributed by atoms with Gasteiger partial charge in [-0.25, -0.2) is 9.18 Å². The van der Waals surface area contributed by atoms with Crippen molar-refractivity contribution < 1.29 is 18.8 Å². The molecule has 1 amide bonds. The van der Waals surface area contributed by atoms with E-state index in [1.807, 2.05) is 0 Å². The number of ether oxygens (including phenoxy) is 1. The van der Waals surface area contributed by atoms with Crippen LogP contribution in [0.1, 0.15) is 19.3 Å². The molecule has 2 N–H and O–H groups in total. The number of nitrogens with zero attached hydrogens (tertiary/aromatic N) is 2. The number of carbonyl (C=O) groups excluding carboxylic acids is 1. The first-order valence-corrected chi connectivity index (χ1v) is 6.20. The van der Waals surface area contributed by atoms with Crippen molar-refractivity contribution in [2.75, 3.05) is 18.0 Å². The predicted octanol–water partition coefficient (Wildman–Crippen LogP) is 2.18. The third-order valence-electron chi connectivity index (χ3n) is 3.15. The first-order valence-electron chi connectivity index (χ1n) is 6.20. The van der Waals surface area contributed by atoms with Crippen LogP contribution in [0.2, 0.25) is 0 Å². The first-order chi connectivity index (χ1) is 9.50. The van der Waals surface area contributed by atoms with Crippen molar-refractivity contribution in [2.24, 2.45) is 5.73 Å². The van der Waals surface area contributed by atoms with Gasteiger partial charge in [0.05, 0.1) is 10.6 Å². The number of piperidine rings is 1. The Balaban J connectivity index is 2.44. The highest BCUT2D eigenvalue weighted by molar-refractivity contribution is 5.72. The molecule has 1 aliphatic heterocycles. The molecule has 0 unspecified atom stereocenters. The minimum atomic E-state index is -1.29. The summed E-state index contributed by atoms with van der Waals surface area (Å²) in [4.78, 5) is 22.6. The Labute approximate surface area is 114 Å². The lowest BCUT2D eigenvalue weighted by molar-refractivity contribution is -0.385. The van der Waals surface area contributed by atoms with Gasteiger partial charge in [0.25, 0.3) is 0 Å². The van der Waals surface area contributed by atoms with Gasteiger partial charge in [0.2, 0.25) is 5.75 Å². The molecule has 8 heteroatoms. The standard InChI is InChI=1S/C12H14FN3O4/c13-10-8(15-6-2-1-3-7-15)4-5-9(16(18)19)11(10)20-12(14)17/h4-5H,1-3,6-7H2,(H2,14,17). The van der Waals surface area contributed by atoms with E-state index in [2.05, 4.69) is 4.74 Å². The van der Waals surface area contributed by atoms with Crippen LogP contribution in [0.3, 0.4) is 0 Å². The molecule has 7 nitrogen and oxygen atoms in total. The van der Waals surface area contributed by atoms with Gasteiger partial charge in [-0.15, -0.1) is 0 Å². The molecule has 0 atom stereocenters. The second-order valence-electron chi connectivity index (χ2n) is 4.47. The summed E-state index contributed by atoms with van der Waals surface area (Å²) in [6.07, 6.45) is 1.61. The molecule has 1 fully saturated rings. The largest absolute Gasteiger partial charge is 0.410 e. The van der Waals surface area contributed by atoms with Crippen LogP contribution in [0, 0.1) is 15.9 Å². The molecule has 0 saturated carbocycles. The Hall–Kier alpha value is -2.38. The highest BCUT2D eigenvalue weighted by Crippen LogP contribution is 2.37. The van der Waals surface area contributed by atoms with Crippen LogP contribution in [-0.4, -0.2) is 24.1 Å². The highest BCUT2D eigenvalue weighted by atomic mass is 19.1. The van der Waals surface area contributed by atoms with Crippen molar-refractivity contribution in [1.29, 1.82) is 0 Å². The van der Waals surface area contributed by atoms with Crippen molar-refractivity contribution in [3.05, 3.63) is 28.1 Å². The lowest BCUT2D eigenvalue weighted by Crippen LogP contribution is -2.30. The van der Waals surface area contributed by atoms with Gasteiger partial charge in [0.1, 0.15) is 0 Å². The van der Waals surface area contributed by atoms with E-state index in [4.69, 9.17) is 5.73 Å². The molecule has 1 saturated heterocycles. The van der Waals surface area contributed by atoms with E-state index in [1.54, 1.807) is 4.90 Å². The number of halogens is 1. The Morgan fingerprint density at radius 3 is 2.55 bits per heavy atom. The molecule has 1 heterocycles. The maximum absolute atomic E-state index is 14.4. The first kappa shape index (κ1) is 14.0. The number of hydrogen-bond acceptors (Lipinski definition) is 5. The lowest BCUT2D eigenvalue weighted by Gasteiger charge is -2.29. The fourth-order valence-electron chi connectivity index (χ4n) is 2.26. The topological polar surface area (TPSA) is 98.7 Å². The molecular weight excluding hydrogens is 269 g/mol. The number of benzene rings is 1. The van der Waals surface area contributed by atoms with Gasteiger partial charge in [-0.3, -0.25) is 10.1 Å². The molecule has 108 valence electrons. The smallest absolute Gasteiger partial charge is 0.400 e. The number of anilines is 1. The molecular formula is C12H14FN3O4.